The van der Waals surface area contributed by atoms with Crippen LogP contribution in [0.25, 0.3) is 0 Å². The summed E-state index contributed by atoms with van der Waals surface area (Å²) >= 11 is 5.79. The number of pyridine rings is 1. The molecule has 16 heavy (non-hydrogen) atoms. The summed E-state index contributed by atoms with van der Waals surface area (Å²) in [5.41, 5.74) is 6.42. The normalized spacial score (nSPS) is 12.7. The van der Waals surface area contributed by atoms with E-state index in [9.17, 15) is 4.39 Å². The lowest BCUT2D eigenvalue weighted by atomic mass is 10.1. The topological polar surface area (TPSA) is 56.7 Å². The van der Waals surface area contributed by atoms with E-state index in [1.54, 1.807) is 6.20 Å². The van der Waals surface area contributed by atoms with Crippen LogP contribution in [-0.2, 0) is 0 Å². The van der Waals surface area contributed by atoms with Gasteiger partial charge < -0.3 is 5.73 Å². The highest BCUT2D eigenvalue weighted by Gasteiger charge is 2.14. The molecule has 0 saturated heterocycles. The number of nitrogens with zero attached hydrogens (tertiary/aromatic N) is 3. The largest absolute Gasteiger partial charge is 0.383 e. The van der Waals surface area contributed by atoms with Gasteiger partial charge in [-0.1, -0.05) is 11.6 Å². The van der Waals surface area contributed by atoms with Crippen LogP contribution in [0.4, 0.5) is 10.2 Å². The second-order valence-electron chi connectivity index (χ2n) is 3.43. The van der Waals surface area contributed by atoms with Gasteiger partial charge in [-0.3, -0.25) is 4.98 Å². The molecule has 2 N–H and O–H groups in total. The zero-order chi connectivity index (χ0) is 11.7. The summed E-state index contributed by atoms with van der Waals surface area (Å²) in [7, 11) is 0. The van der Waals surface area contributed by atoms with Gasteiger partial charge in [0.1, 0.15) is 16.7 Å². The second kappa shape index (κ2) is 4.09. The second-order valence-corrected chi connectivity index (χ2v) is 3.84. The Morgan fingerprint density at radius 2 is 2.19 bits per heavy atom. The zero-order valence-electron chi connectivity index (χ0n) is 8.56. The first-order valence-electron chi connectivity index (χ1n) is 4.68. The number of aromatic nitrogens is 3. The molecule has 0 saturated carbocycles. The summed E-state index contributed by atoms with van der Waals surface area (Å²) in [6.07, 6.45) is 4.18. The smallest absolute Gasteiger partial charge is 0.141 e. The summed E-state index contributed by atoms with van der Waals surface area (Å²) in [5.74, 6) is -0.0281. The van der Waals surface area contributed by atoms with Gasteiger partial charge in [0.05, 0.1) is 18.4 Å². The van der Waals surface area contributed by atoms with Crippen LogP contribution in [0.1, 0.15) is 18.5 Å². The van der Waals surface area contributed by atoms with Gasteiger partial charge in [0, 0.05) is 6.20 Å². The fraction of sp³-hybridized carbons (Fsp3) is 0.200. The summed E-state index contributed by atoms with van der Waals surface area (Å²) in [6.45, 7) is 1.84. The Bertz CT molecular complexity index is 511. The van der Waals surface area contributed by atoms with Crippen molar-refractivity contribution >= 4 is 17.4 Å². The monoisotopic (exact) mass is 240 g/mol. The van der Waals surface area contributed by atoms with E-state index in [4.69, 9.17) is 17.3 Å². The molecule has 0 spiro atoms. The maximum absolute atomic E-state index is 13.0. The predicted molar refractivity (Wildman–Crippen MR) is 59.7 cm³/mol. The average molecular weight is 241 g/mol. The van der Waals surface area contributed by atoms with Crippen molar-refractivity contribution in [2.75, 3.05) is 5.73 Å². The first kappa shape index (κ1) is 10.9. The average Bonchev–Trinajstić information content (AvgIpc) is 2.59. The number of anilines is 1. The third kappa shape index (κ3) is 1.86. The minimum atomic E-state index is -0.388. The van der Waals surface area contributed by atoms with Crippen molar-refractivity contribution < 1.29 is 4.39 Å². The van der Waals surface area contributed by atoms with E-state index in [1.807, 2.05) is 6.92 Å². The van der Waals surface area contributed by atoms with Crippen LogP contribution in [0, 0.1) is 5.82 Å². The highest BCUT2D eigenvalue weighted by Crippen LogP contribution is 2.24. The molecule has 2 rings (SSSR count). The minimum absolute atomic E-state index is 0.212. The standard InChI is InChI=1S/C10H10ClFN4/c1-6(7-2-8(12)4-14-3-7)16-10(13)9(11)5-15-16/h2-6H,13H2,1H3. The molecule has 2 heterocycles. The van der Waals surface area contributed by atoms with E-state index >= 15 is 0 Å². The van der Waals surface area contributed by atoms with Crippen molar-refractivity contribution in [2.24, 2.45) is 0 Å². The predicted octanol–water partition coefficient (Wildman–Crippen LogP) is 2.26. The van der Waals surface area contributed by atoms with Crippen molar-refractivity contribution in [3.05, 3.63) is 41.1 Å². The van der Waals surface area contributed by atoms with Gasteiger partial charge >= 0.3 is 0 Å². The first-order valence-corrected chi connectivity index (χ1v) is 5.06. The third-order valence-corrected chi connectivity index (χ3v) is 2.65. The van der Waals surface area contributed by atoms with Crippen LogP contribution in [0.15, 0.2) is 24.7 Å². The molecule has 0 amide bonds. The zero-order valence-corrected chi connectivity index (χ0v) is 9.32. The fourth-order valence-electron chi connectivity index (χ4n) is 1.46. The SMILES string of the molecule is CC(c1cncc(F)c1)n1ncc(Cl)c1N. The first-order chi connectivity index (χ1) is 7.59. The van der Waals surface area contributed by atoms with Crippen molar-refractivity contribution in [2.45, 2.75) is 13.0 Å². The molecule has 0 aliphatic heterocycles. The van der Waals surface area contributed by atoms with Crippen LogP contribution >= 0.6 is 11.6 Å². The Morgan fingerprint density at radius 1 is 1.44 bits per heavy atom. The van der Waals surface area contributed by atoms with Gasteiger partial charge in [-0.05, 0) is 18.6 Å². The molecule has 0 fully saturated rings. The van der Waals surface area contributed by atoms with E-state index < -0.39 is 0 Å². The van der Waals surface area contributed by atoms with Gasteiger partial charge in [0.2, 0.25) is 0 Å². The summed E-state index contributed by atoms with van der Waals surface area (Å²) < 4.78 is 14.5. The van der Waals surface area contributed by atoms with Crippen LogP contribution in [0.5, 0.6) is 0 Å². The van der Waals surface area contributed by atoms with Gasteiger partial charge in [0.15, 0.2) is 0 Å². The fourth-order valence-corrected chi connectivity index (χ4v) is 1.59. The van der Waals surface area contributed by atoms with Gasteiger partial charge in [-0.2, -0.15) is 5.10 Å². The van der Waals surface area contributed by atoms with Crippen LogP contribution in [0.2, 0.25) is 5.02 Å². The molecule has 6 heteroatoms. The Morgan fingerprint density at radius 3 is 2.75 bits per heavy atom. The Labute approximate surface area is 96.9 Å². The van der Waals surface area contributed by atoms with Crippen molar-refractivity contribution in [1.82, 2.24) is 14.8 Å². The molecule has 2 aromatic heterocycles. The minimum Gasteiger partial charge on any atom is -0.383 e. The number of rotatable bonds is 2. The molecule has 0 radical (unpaired) electrons. The third-order valence-electron chi connectivity index (χ3n) is 2.36. The maximum atomic E-state index is 13.0. The van der Waals surface area contributed by atoms with E-state index in [0.717, 1.165) is 6.20 Å². The summed E-state index contributed by atoms with van der Waals surface area (Å²) in [6, 6.07) is 1.18. The number of nitrogens with two attached hydrogens (primary N) is 1. The van der Waals surface area contributed by atoms with Crippen molar-refractivity contribution in [3.8, 4) is 0 Å². The van der Waals surface area contributed by atoms with E-state index in [0.29, 0.717) is 16.4 Å². The number of nitrogen functional groups attached to an aromatic ring is 1. The Kier molecular flexibility index (Phi) is 2.78. The van der Waals surface area contributed by atoms with E-state index in [-0.39, 0.29) is 11.9 Å². The molecule has 0 aromatic carbocycles. The van der Waals surface area contributed by atoms with E-state index in [1.165, 1.54) is 16.9 Å². The lowest BCUT2D eigenvalue weighted by Gasteiger charge is -2.13. The van der Waals surface area contributed by atoms with Crippen LogP contribution in [0.3, 0.4) is 0 Å². The quantitative estimate of drug-likeness (QED) is 0.876. The highest BCUT2D eigenvalue weighted by molar-refractivity contribution is 6.32. The Balaban J connectivity index is 2.39. The van der Waals surface area contributed by atoms with Crippen LogP contribution in [-0.4, -0.2) is 14.8 Å². The van der Waals surface area contributed by atoms with Crippen molar-refractivity contribution in [3.63, 3.8) is 0 Å². The molecule has 0 bridgehead atoms. The summed E-state index contributed by atoms with van der Waals surface area (Å²) in [4.78, 5) is 3.78. The van der Waals surface area contributed by atoms with Gasteiger partial charge in [-0.25, -0.2) is 9.07 Å². The number of hydrogen-bond donors (Lipinski definition) is 1. The van der Waals surface area contributed by atoms with Gasteiger partial charge in [-0.15, -0.1) is 0 Å². The molecular formula is C10H10ClFN4. The van der Waals surface area contributed by atoms with Gasteiger partial charge in [0.25, 0.3) is 0 Å². The van der Waals surface area contributed by atoms with Crippen molar-refractivity contribution in [1.29, 1.82) is 0 Å². The Hall–Kier alpha value is -1.62. The number of halogens is 2. The molecule has 2 aromatic rings. The van der Waals surface area contributed by atoms with Crippen LogP contribution < -0.4 is 5.73 Å². The lowest BCUT2D eigenvalue weighted by molar-refractivity contribution is 0.559. The molecule has 84 valence electrons. The molecular weight excluding hydrogens is 231 g/mol. The highest BCUT2D eigenvalue weighted by atomic mass is 35.5. The molecule has 0 aliphatic rings. The molecule has 4 nitrogen and oxygen atoms in total. The summed E-state index contributed by atoms with van der Waals surface area (Å²) in [5, 5.41) is 4.42. The number of hydrogen-bond acceptors (Lipinski definition) is 3. The molecule has 0 aliphatic carbocycles. The maximum Gasteiger partial charge on any atom is 0.141 e. The van der Waals surface area contributed by atoms with E-state index in [2.05, 4.69) is 10.1 Å². The molecule has 1 atom stereocenters. The lowest BCUT2D eigenvalue weighted by Crippen LogP contribution is -2.11. The molecule has 1 unspecified atom stereocenters.